The van der Waals surface area contributed by atoms with Gasteiger partial charge in [-0.15, -0.1) is 0 Å². The van der Waals surface area contributed by atoms with Crippen LogP contribution >= 0.6 is 0 Å². The van der Waals surface area contributed by atoms with Gasteiger partial charge in [0.05, 0.1) is 18.3 Å². The van der Waals surface area contributed by atoms with E-state index in [1.165, 1.54) is 4.90 Å². The van der Waals surface area contributed by atoms with Gasteiger partial charge in [0.1, 0.15) is 0 Å². The van der Waals surface area contributed by atoms with Crippen LogP contribution < -0.4 is 10.2 Å². The van der Waals surface area contributed by atoms with Crippen molar-refractivity contribution in [2.24, 2.45) is 5.92 Å². The number of nitrogens with one attached hydrogen (secondary N) is 1. The Hall–Kier alpha value is -4.27. The molecule has 2 aliphatic heterocycles. The van der Waals surface area contributed by atoms with E-state index >= 15 is 0 Å². The lowest BCUT2D eigenvalue weighted by Gasteiger charge is -2.36. The van der Waals surface area contributed by atoms with Gasteiger partial charge in [-0.25, -0.2) is 0 Å². The molecule has 0 fully saturated rings. The van der Waals surface area contributed by atoms with Crippen LogP contribution in [0.4, 0.5) is 11.4 Å². The minimum atomic E-state index is -1.87. The predicted octanol–water partition coefficient (Wildman–Crippen LogP) is 3.63. The average Bonchev–Trinajstić information content (AvgIpc) is 3.17. The topological polar surface area (TPSA) is 110 Å². The Labute approximate surface area is 233 Å². The molecule has 2 heterocycles. The Bertz CT molecular complexity index is 1470. The third kappa shape index (κ3) is 4.92. The van der Waals surface area contributed by atoms with E-state index in [1.807, 2.05) is 30.3 Å². The Morgan fingerprint density at radius 2 is 1.77 bits per heavy atom. The molecule has 3 aromatic rings. The van der Waals surface area contributed by atoms with Gasteiger partial charge in [0, 0.05) is 42.7 Å². The first-order valence-corrected chi connectivity index (χ1v) is 13.4. The standard InChI is InChI=1S/C32H33N3O5/c1-21(9-8-14-29(37)35-19-24-13-7-6-12-23(24)17-26(35)20-36)32(40)27-18-25(15-16-28(27)34(2)31(32)39)33-30(38)22-10-4-3-5-11-22/h3-13,15-16,18,21,26,36,40H,14,17,19-20H2,1-2H3,(H,33,38)/b9-8+/t21-,26-,32+/m0/s1. The smallest absolute Gasteiger partial charge is 0.264 e. The van der Waals surface area contributed by atoms with Crippen LogP contribution in [0.2, 0.25) is 0 Å². The number of rotatable bonds is 7. The van der Waals surface area contributed by atoms with Crippen LogP contribution in [0.25, 0.3) is 0 Å². The first-order valence-electron chi connectivity index (χ1n) is 13.4. The summed E-state index contributed by atoms with van der Waals surface area (Å²) in [7, 11) is 1.60. The molecule has 0 saturated heterocycles. The van der Waals surface area contributed by atoms with Crippen LogP contribution in [0.15, 0.2) is 84.9 Å². The first kappa shape index (κ1) is 27.3. The molecule has 0 saturated carbocycles. The highest BCUT2D eigenvalue weighted by molar-refractivity contribution is 6.08. The molecule has 8 heteroatoms. The summed E-state index contributed by atoms with van der Waals surface area (Å²) in [5.41, 5.74) is 2.24. The molecule has 3 amide bonds. The third-order valence-corrected chi connectivity index (χ3v) is 7.96. The molecular weight excluding hydrogens is 506 g/mol. The molecule has 206 valence electrons. The molecule has 3 N–H and O–H groups in total. The van der Waals surface area contributed by atoms with Gasteiger partial charge in [-0.05, 0) is 47.9 Å². The minimum Gasteiger partial charge on any atom is -0.394 e. The van der Waals surface area contributed by atoms with Crippen molar-refractivity contribution < 1.29 is 24.6 Å². The molecule has 0 unspecified atom stereocenters. The highest BCUT2D eigenvalue weighted by Gasteiger charge is 2.51. The van der Waals surface area contributed by atoms with Crippen molar-refractivity contribution in [2.75, 3.05) is 23.9 Å². The van der Waals surface area contributed by atoms with Crippen molar-refractivity contribution in [2.45, 2.75) is 38.0 Å². The van der Waals surface area contributed by atoms with Gasteiger partial charge in [0.15, 0.2) is 5.60 Å². The second kappa shape index (κ2) is 11.1. The maximum absolute atomic E-state index is 13.3. The number of hydrogen-bond acceptors (Lipinski definition) is 5. The number of amides is 3. The van der Waals surface area contributed by atoms with E-state index in [4.69, 9.17) is 0 Å². The molecule has 0 radical (unpaired) electrons. The fourth-order valence-corrected chi connectivity index (χ4v) is 5.60. The summed E-state index contributed by atoms with van der Waals surface area (Å²) < 4.78 is 0. The van der Waals surface area contributed by atoms with E-state index in [0.717, 1.165) is 11.1 Å². The fraction of sp³-hybridized carbons (Fsp3) is 0.281. The van der Waals surface area contributed by atoms with Gasteiger partial charge in [-0.1, -0.05) is 61.5 Å². The van der Waals surface area contributed by atoms with Gasteiger partial charge in [0.25, 0.3) is 11.8 Å². The number of carbonyl (C=O) groups excluding carboxylic acids is 3. The van der Waals surface area contributed by atoms with Crippen LogP contribution in [-0.4, -0.2) is 52.5 Å². The number of anilines is 2. The van der Waals surface area contributed by atoms with Gasteiger partial charge in [0.2, 0.25) is 5.91 Å². The first-order chi connectivity index (χ1) is 19.2. The van der Waals surface area contributed by atoms with E-state index in [9.17, 15) is 24.6 Å². The summed E-state index contributed by atoms with van der Waals surface area (Å²) in [6, 6.07) is 21.4. The number of fused-ring (bicyclic) bond motifs is 2. The number of benzene rings is 3. The summed E-state index contributed by atoms with van der Waals surface area (Å²) in [6.07, 6.45) is 4.02. The average molecular weight is 540 g/mol. The summed E-state index contributed by atoms with van der Waals surface area (Å²) in [5, 5.41) is 24.5. The van der Waals surface area contributed by atoms with E-state index in [2.05, 4.69) is 5.32 Å². The van der Waals surface area contributed by atoms with Crippen LogP contribution in [-0.2, 0) is 28.2 Å². The Kier molecular flexibility index (Phi) is 7.56. The van der Waals surface area contributed by atoms with Crippen molar-refractivity contribution in [1.29, 1.82) is 0 Å². The molecule has 40 heavy (non-hydrogen) atoms. The summed E-state index contributed by atoms with van der Waals surface area (Å²) in [6.45, 7) is 2.03. The summed E-state index contributed by atoms with van der Waals surface area (Å²) >= 11 is 0. The zero-order valence-electron chi connectivity index (χ0n) is 22.6. The third-order valence-electron chi connectivity index (χ3n) is 7.96. The van der Waals surface area contributed by atoms with Crippen LogP contribution in [0, 0.1) is 5.92 Å². The lowest BCUT2D eigenvalue weighted by molar-refractivity contribution is -0.139. The molecule has 3 atom stereocenters. The summed E-state index contributed by atoms with van der Waals surface area (Å²) in [4.78, 5) is 42.2. The minimum absolute atomic E-state index is 0.0726. The van der Waals surface area contributed by atoms with Gasteiger partial charge >= 0.3 is 0 Å². The van der Waals surface area contributed by atoms with Crippen LogP contribution in [0.5, 0.6) is 0 Å². The molecule has 2 aliphatic rings. The van der Waals surface area contributed by atoms with Crippen molar-refractivity contribution >= 4 is 29.1 Å². The number of aliphatic hydroxyl groups is 2. The number of likely N-dealkylation sites (N-methyl/N-ethyl adjacent to an activating group) is 1. The van der Waals surface area contributed by atoms with Gasteiger partial charge in [-0.2, -0.15) is 0 Å². The van der Waals surface area contributed by atoms with Crippen LogP contribution in [0.1, 0.15) is 40.4 Å². The van der Waals surface area contributed by atoms with E-state index < -0.39 is 17.4 Å². The zero-order valence-corrected chi connectivity index (χ0v) is 22.6. The SMILES string of the molecule is C[C@@H](/C=C/CC(=O)N1Cc2ccccc2C[C@H]1CO)[C@]1(O)C(=O)N(C)c2ccc(NC(=O)c3ccccc3)cc21. The second-order valence-corrected chi connectivity index (χ2v) is 10.4. The molecule has 0 aliphatic carbocycles. The lowest BCUT2D eigenvalue weighted by Crippen LogP contribution is -2.46. The molecule has 0 aromatic heterocycles. The van der Waals surface area contributed by atoms with Crippen LogP contribution in [0.3, 0.4) is 0 Å². The zero-order chi connectivity index (χ0) is 28.4. The fourth-order valence-electron chi connectivity index (χ4n) is 5.60. The lowest BCUT2D eigenvalue weighted by atomic mass is 9.82. The van der Waals surface area contributed by atoms with Gasteiger partial charge in [-0.3, -0.25) is 14.4 Å². The summed E-state index contributed by atoms with van der Waals surface area (Å²) in [5.74, 6) is -1.57. The van der Waals surface area contributed by atoms with Gasteiger partial charge < -0.3 is 25.3 Å². The monoisotopic (exact) mass is 539 g/mol. The quantitative estimate of drug-likeness (QED) is 0.397. The Balaban J connectivity index is 1.32. The van der Waals surface area contributed by atoms with E-state index in [0.29, 0.717) is 35.5 Å². The number of carbonyl (C=O) groups is 3. The molecule has 0 bridgehead atoms. The maximum Gasteiger partial charge on any atom is 0.264 e. The highest BCUT2D eigenvalue weighted by Crippen LogP contribution is 2.45. The predicted molar refractivity (Wildman–Crippen MR) is 153 cm³/mol. The molecule has 3 aromatic carbocycles. The number of hydrogen-bond donors (Lipinski definition) is 3. The van der Waals surface area contributed by atoms with Crippen molar-refractivity contribution in [1.82, 2.24) is 4.90 Å². The molecule has 8 nitrogen and oxygen atoms in total. The van der Waals surface area contributed by atoms with E-state index in [-0.39, 0.29) is 30.9 Å². The van der Waals surface area contributed by atoms with Crippen molar-refractivity contribution in [3.05, 3.63) is 107 Å². The Morgan fingerprint density at radius 3 is 2.50 bits per heavy atom. The maximum atomic E-state index is 13.3. The normalized spacial score (nSPS) is 20.8. The number of aliphatic hydroxyl groups excluding tert-OH is 1. The van der Waals surface area contributed by atoms with E-state index in [1.54, 1.807) is 73.5 Å². The molecule has 0 spiro atoms. The largest absolute Gasteiger partial charge is 0.394 e. The van der Waals surface area contributed by atoms with Crippen molar-refractivity contribution in [3.63, 3.8) is 0 Å². The number of nitrogens with zero attached hydrogens (tertiary/aromatic N) is 2. The Morgan fingerprint density at radius 1 is 1.07 bits per heavy atom. The highest BCUT2D eigenvalue weighted by atomic mass is 16.3. The molecular formula is C32H33N3O5. The van der Waals surface area contributed by atoms with Crippen molar-refractivity contribution in [3.8, 4) is 0 Å². The molecule has 5 rings (SSSR count). The second-order valence-electron chi connectivity index (χ2n) is 10.4.